The smallest absolute Gasteiger partial charge is 0.234 e. The van der Waals surface area contributed by atoms with Crippen molar-refractivity contribution in [2.24, 2.45) is 0 Å². The van der Waals surface area contributed by atoms with Crippen molar-refractivity contribution >= 4 is 39.3 Å². The Morgan fingerprint density at radius 1 is 1.31 bits per heavy atom. The normalized spacial score (nSPS) is 10.3. The van der Waals surface area contributed by atoms with Gasteiger partial charge in [0.15, 0.2) is 11.0 Å². The van der Waals surface area contributed by atoms with Crippen LogP contribution in [0.2, 0.25) is 0 Å². The molecule has 0 bridgehead atoms. The van der Waals surface area contributed by atoms with Gasteiger partial charge in [0.2, 0.25) is 5.91 Å². The minimum atomic E-state index is -0.209. The molecule has 9 heteroatoms. The van der Waals surface area contributed by atoms with Crippen LogP contribution in [0.15, 0.2) is 64.7 Å². The number of benzene rings is 2. The van der Waals surface area contributed by atoms with Gasteiger partial charge in [0, 0.05) is 16.7 Å². The third-order valence-corrected chi connectivity index (χ3v) is 5.32. The number of phenolic OH excluding ortho intramolecular Hbond substituents is 1. The number of phenols is 1. The van der Waals surface area contributed by atoms with E-state index in [9.17, 15) is 9.90 Å². The number of nitrogens with one attached hydrogen (secondary N) is 1. The highest BCUT2D eigenvalue weighted by Gasteiger charge is 2.17. The van der Waals surface area contributed by atoms with E-state index in [0.29, 0.717) is 34.3 Å². The molecule has 2 N–H and O–H groups in total. The van der Waals surface area contributed by atoms with Gasteiger partial charge in [-0.15, -0.1) is 16.8 Å². The van der Waals surface area contributed by atoms with Crippen LogP contribution in [0.25, 0.3) is 11.4 Å². The van der Waals surface area contributed by atoms with Crippen molar-refractivity contribution in [2.75, 3.05) is 11.1 Å². The first-order chi connectivity index (χ1) is 14.0. The van der Waals surface area contributed by atoms with E-state index >= 15 is 0 Å². The maximum absolute atomic E-state index is 12.3. The average molecular weight is 470 g/mol. The molecule has 2 aromatic carbocycles. The summed E-state index contributed by atoms with van der Waals surface area (Å²) in [6.07, 6.45) is 1.70. The van der Waals surface area contributed by atoms with Gasteiger partial charge in [0.05, 0.1) is 22.9 Å². The number of allylic oxidation sites excluding steroid dienone is 1. The van der Waals surface area contributed by atoms with E-state index in [1.807, 2.05) is 6.07 Å². The number of amides is 1. The van der Waals surface area contributed by atoms with Gasteiger partial charge in [-0.3, -0.25) is 9.36 Å². The van der Waals surface area contributed by atoms with E-state index in [2.05, 4.69) is 38.0 Å². The molecule has 1 amide bonds. The Morgan fingerprint density at radius 2 is 2.07 bits per heavy atom. The molecule has 0 atom stereocenters. The van der Waals surface area contributed by atoms with Crippen molar-refractivity contribution in [3.8, 4) is 23.2 Å². The molecule has 0 radical (unpaired) electrons. The number of hydrogen-bond donors (Lipinski definition) is 2. The average Bonchev–Trinajstić information content (AvgIpc) is 3.11. The number of rotatable bonds is 7. The highest BCUT2D eigenvalue weighted by Crippen LogP contribution is 2.32. The lowest BCUT2D eigenvalue weighted by atomic mass is 10.2. The quantitative estimate of drug-likeness (QED) is 0.396. The summed E-state index contributed by atoms with van der Waals surface area (Å²) in [7, 11) is 0. The van der Waals surface area contributed by atoms with E-state index in [4.69, 9.17) is 5.26 Å². The Morgan fingerprint density at radius 3 is 2.76 bits per heavy atom. The summed E-state index contributed by atoms with van der Waals surface area (Å²) in [5.74, 6) is 0.485. The highest BCUT2D eigenvalue weighted by atomic mass is 79.9. The molecule has 29 heavy (non-hydrogen) atoms. The molecule has 3 rings (SSSR count). The third-order valence-electron chi connectivity index (χ3n) is 3.86. The number of carbonyl (C=O) groups excluding carboxylic acids is 1. The Balaban J connectivity index is 1.74. The fraction of sp³-hybridized carbons (Fsp3) is 0.100. The zero-order chi connectivity index (χ0) is 20.8. The first kappa shape index (κ1) is 20.6. The second-order valence-electron chi connectivity index (χ2n) is 5.89. The van der Waals surface area contributed by atoms with Crippen molar-refractivity contribution in [1.29, 1.82) is 5.26 Å². The van der Waals surface area contributed by atoms with Gasteiger partial charge in [-0.1, -0.05) is 33.8 Å². The van der Waals surface area contributed by atoms with Crippen LogP contribution in [-0.4, -0.2) is 31.5 Å². The molecule has 1 aromatic heterocycles. The number of aromatic nitrogens is 3. The Kier molecular flexibility index (Phi) is 6.69. The number of aromatic hydroxyl groups is 1. The highest BCUT2D eigenvalue weighted by molar-refractivity contribution is 9.10. The van der Waals surface area contributed by atoms with Gasteiger partial charge in [-0.2, -0.15) is 5.26 Å². The number of nitrogens with zero attached hydrogens (tertiary/aromatic N) is 4. The zero-order valence-corrected chi connectivity index (χ0v) is 17.6. The van der Waals surface area contributed by atoms with E-state index in [1.165, 1.54) is 11.8 Å². The molecular formula is C20H16BrN5O2S. The van der Waals surface area contributed by atoms with Gasteiger partial charge >= 0.3 is 0 Å². The fourth-order valence-electron chi connectivity index (χ4n) is 2.53. The first-order valence-electron chi connectivity index (χ1n) is 8.47. The lowest BCUT2D eigenvalue weighted by Gasteiger charge is -2.09. The molecule has 7 nitrogen and oxygen atoms in total. The van der Waals surface area contributed by atoms with E-state index in [-0.39, 0.29) is 17.4 Å². The summed E-state index contributed by atoms with van der Waals surface area (Å²) in [5, 5.41) is 30.7. The van der Waals surface area contributed by atoms with Crippen LogP contribution >= 0.6 is 27.7 Å². The second kappa shape index (κ2) is 9.41. The molecule has 0 spiro atoms. The van der Waals surface area contributed by atoms with Crippen LogP contribution in [0.5, 0.6) is 5.75 Å². The molecule has 0 aliphatic carbocycles. The lowest BCUT2D eigenvalue weighted by molar-refractivity contribution is -0.113. The largest absolute Gasteiger partial charge is 0.507 e. The van der Waals surface area contributed by atoms with Gasteiger partial charge in [-0.05, 0) is 42.5 Å². The molecule has 0 saturated heterocycles. The third kappa shape index (κ3) is 5.04. The van der Waals surface area contributed by atoms with Crippen molar-refractivity contribution in [3.63, 3.8) is 0 Å². The summed E-state index contributed by atoms with van der Waals surface area (Å²) in [6.45, 7) is 4.18. The number of hydrogen-bond acceptors (Lipinski definition) is 6. The maximum Gasteiger partial charge on any atom is 0.234 e. The Labute approximate surface area is 180 Å². The van der Waals surface area contributed by atoms with E-state index < -0.39 is 0 Å². The van der Waals surface area contributed by atoms with Crippen molar-refractivity contribution in [1.82, 2.24) is 14.8 Å². The van der Waals surface area contributed by atoms with Crippen LogP contribution in [0.4, 0.5) is 5.69 Å². The summed E-state index contributed by atoms with van der Waals surface area (Å²) < 4.78 is 2.59. The first-order valence-corrected chi connectivity index (χ1v) is 10.3. The topological polar surface area (TPSA) is 104 Å². The Hall–Kier alpha value is -3.09. The minimum Gasteiger partial charge on any atom is -0.507 e. The van der Waals surface area contributed by atoms with Gasteiger partial charge in [0.1, 0.15) is 5.75 Å². The number of anilines is 1. The van der Waals surface area contributed by atoms with Crippen LogP contribution < -0.4 is 5.32 Å². The van der Waals surface area contributed by atoms with Gasteiger partial charge in [-0.25, -0.2) is 0 Å². The molecule has 0 fully saturated rings. The zero-order valence-electron chi connectivity index (χ0n) is 15.2. The monoisotopic (exact) mass is 469 g/mol. The van der Waals surface area contributed by atoms with Crippen molar-refractivity contribution < 1.29 is 9.90 Å². The Bertz CT molecular complexity index is 1090. The number of carbonyl (C=O) groups is 1. The summed E-state index contributed by atoms with van der Waals surface area (Å²) in [5.41, 5.74) is 1.67. The number of nitriles is 1. The second-order valence-corrected chi connectivity index (χ2v) is 7.75. The standard InChI is InChI=1S/C20H16BrN5O2S/c1-2-9-26-19(16-10-14(21)5-8-17(16)27)24-25-20(26)29-12-18(28)23-15-6-3-13(11-22)4-7-15/h2-8,10,27H,1,9,12H2,(H,23,28). The molecule has 1 heterocycles. The SMILES string of the molecule is C=CCn1c(SCC(=O)Nc2ccc(C#N)cc2)nnc1-c1cc(Br)ccc1O. The molecule has 0 aliphatic heterocycles. The fourth-order valence-corrected chi connectivity index (χ4v) is 3.64. The van der Waals surface area contributed by atoms with Gasteiger partial charge < -0.3 is 10.4 Å². The summed E-state index contributed by atoms with van der Waals surface area (Å²) >= 11 is 4.62. The van der Waals surface area contributed by atoms with E-state index in [1.54, 1.807) is 53.1 Å². The number of thioether (sulfide) groups is 1. The molecule has 146 valence electrons. The molecular weight excluding hydrogens is 454 g/mol. The predicted octanol–water partition coefficient (Wildman–Crippen LogP) is 4.20. The molecule has 3 aromatic rings. The molecule has 0 saturated carbocycles. The summed E-state index contributed by atoms with van der Waals surface area (Å²) in [6, 6.07) is 13.7. The van der Waals surface area contributed by atoms with Gasteiger partial charge in [0.25, 0.3) is 0 Å². The van der Waals surface area contributed by atoms with Crippen LogP contribution in [0.1, 0.15) is 5.56 Å². The van der Waals surface area contributed by atoms with Crippen LogP contribution in [0.3, 0.4) is 0 Å². The van der Waals surface area contributed by atoms with Crippen LogP contribution in [0, 0.1) is 11.3 Å². The molecule has 0 unspecified atom stereocenters. The minimum absolute atomic E-state index is 0.0843. The lowest BCUT2D eigenvalue weighted by Crippen LogP contribution is -2.14. The maximum atomic E-state index is 12.3. The van der Waals surface area contributed by atoms with Crippen LogP contribution in [-0.2, 0) is 11.3 Å². The van der Waals surface area contributed by atoms with E-state index in [0.717, 1.165) is 4.47 Å². The molecule has 0 aliphatic rings. The predicted molar refractivity (Wildman–Crippen MR) is 116 cm³/mol. The number of halogens is 1. The van der Waals surface area contributed by atoms with Crippen molar-refractivity contribution in [2.45, 2.75) is 11.7 Å². The van der Waals surface area contributed by atoms with Crippen molar-refractivity contribution in [3.05, 3.63) is 65.2 Å². The summed E-state index contributed by atoms with van der Waals surface area (Å²) in [4.78, 5) is 12.3.